The molecule has 0 saturated carbocycles. The third-order valence-corrected chi connectivity index (χ3v) is 10.1. The van der Waals surface area contributed by atoms with Crippen LogP contribution in [0.2, 0.25) is 5.02 Å². The standard InChI is InChI=1S/C36H45ClN2O6/c1-2-6-23(17-25-10-11-28(42)19-31(25)37)9-12-32(43)33-26(21-40)18-29-34(30(33)22-41)36(45)39(35(29)44)27-13-15-38(16-14-27)20-24-7-4-3-5-8-24/h3-5,7-8,10-11,17,19,27,29-30,32,34,40-43H,2,6,9,12-16,18,20-22H2,1H3/b23-17+/t29-,30+,32-,34-/m1/s1. The number of piperidine rings is 1. The lowest BCUT2D eigenvalue weighted by Gasteiger charge is -2.36. The first kappa shape index (κ1) is 33.4. The van der Waals surface area contributed by atoms with Gasteiger partial charge in [-0.2, -0.15) is 0 Å². The van der Waals surface area contributed by atoms with Crippen molar-refractivity contribution >= 4 is 29.5 Å². The highest BCUT2D eigenvalue weighted by molar-refractivity contribution is 6.32. The second-order valence-electron chi connectivity index (χ2n) is 12.7. The normalized spacial score (nSPS) is 24.0. The van der Waals surface area contributed by atoms with E-state index < -0.39 is 23.9 Å². The Morgan fingerprint density at radius 2 is 1.78 bits per heavy atom. The molecule has 2 aromatic rings. The molecule has 4 N–H and O–H groups in total. The fourth-order valence-corrected chi connectivity index (χ4v) is 7.82. The van der Waals surface area contributed by atoms with E-state index >= 15 is 0 Å². The molecule has 2 saturated heterocycles. The van der Waals surface area contributed by atoms with E-state index in [1.807, 2.05) is 24.3 Å². The average Bonchev–Trinajstić information content (AvgIpc) is 3.29. The zero-order valence-corrected chi connectivity index (χ0v) is 26.7. The largest absolute Gasteiger partial charge is 0.508 e. The Morgan fingerprint density at radius 3 is 2.42 bits per heavy atom. The summed E-state index contributed by atoms with van der Waals surface area (Å²) >= 11 is 6.34. The van der Waals surface area contributed by atoms with Gasteiger partial charge in [0.05, 0.1) is 36.2 Å². The van der Waals surface area contributed by atoms with E-state index in [4.69, 9.17) is 11.6 Å². The van der Waals surface area contributed by atoms with Gasteiger partial charge in [-0.25, -0.2) is 0 Å². The Kier molecular flexibility index (Phi) is 11.2. The van der Waals surface area contributed by atoms with Gasteiger partial charge >= 0.3 is 0 Å². The van der Waals surface area contributed by atoms with Crippen molar-refractivity contribution in [3.63, 3.8) is 0 Å². The summed E-state index contributed by atoms with van der Waals surface area (Å²) in [6.45, 7) is 3.73. The zero-order chi connectivity index (χ0) is 32.1. The predicted molar refractivity (Wildman–Crippen MR) is 174 cm³/mol. The molecular weight excluding hydrogens is 592 g/mol. The number of imide groups is 1. The van der Waals surface area contributed by atoms with Crippen molar-refractivity contribution < 1.29 is 30.0 Å². The maximum Gasteiger partial charge on any atom is 0.234 e. The Balaban J connectivity index is 1.28. The summed E-state index contributed by atoms with van der Waals surface area (Å²) in [6.07, 6.45) is 5.14. The molecule has 2 amide bonds. The van der Waals surface area contributed by atoms with Gasteiger partial charge in [0.25, 0.3) is 0 Å². The molecule has 45 heavy (non-hydrogen) atoms. The van der Waals surface area contributed by atoms with Gasteiger partial charge in [0.2, 0.25) is 11.8 Å². The number of fused-ring (bicyclic) bond motifs is 1. The molecule has 2 heterocycles. The van der Waals surface area contributed by atoms with Gasteiger partial charge in [0.15, 0.2) is 0 Å². The molecule has 0 aromatic heterocycles. The van der Waals surface area contributed by atoms with Crippen molar-refractivity contribution in [1.82, 2.24) is 9.80 Å². The number of phenolic OH excluding ortho intramolecular Hbond substituents is 1. The monoisotopic (exact) mass is 636 g/mol. The van der Waals surface area contributed by atoms with Gasteiger partial charge in [-0.3, -0.25) is 19.4 Å². The minimum absolute atomic E-state index is 0.0887. The number of nitrogens with zero attached hydrogens (tertiary/aromatic N) is 2. The number of halogens is 1. The number of phenols is 1. The van der Waals surface area contributed by atoms with E-state index in [1.54, 1.807) is 12.1 Å². The van der Waals surface area contributed by atoms with Crippen molar-refractivity contribution in [2.24, 2.45) is 17.8 Å². The third kappa shape index (κ3) is 7.36. The van der Waals surface area contributed by atoms with Gasteiger partial charge in [-0.05, 0) is 79.0 Å². The molecular formula is C36H45ClN2O6. The van der Waals surface area contributed by atoms with Gasteiger partial charge in [0, 0.05) is 31.6 Å². The van der Waals surface area contributed by atoms with Crippen molar-refractivity contribution in [3.05, 3.63) is 81.4 Å². The first-order valence-electron chi connectivity index (χ1n) is 16.2. The minimum Gasteiger partial charge on any atom is -0.508 e. The number of aliphatic hydroxyl groups excluding tert-OH is 3. The number of rotatable bonds is 12. The molecule has 8 nitrogen and oxygen atoms in total. The molecule has 0 unspecified atom stereocenters. The number of benzene rings is 2. The minimum atomic E-state index is -0.987. The summed E-state index contributed by atoms with van der Waals surface area (Å²) in [5.74, 6) is -2.51. The van der Waals surface area contributed by atoms with Crippen LogP contribution < -0.4 is 0 Å². The highest BCUT2D eigenvalue weighted by Crippen LogP contribution is 2.47. The molecule has 0 bridgehead atoms. The lowest BCUT2D eigenvalue weighted by atomic mass is 9.68. The van der Waals surface area contributed by atoms with Gasteiger partial charge < -0.3 is 20.4 Å². The van der Waals surface area contributed by atoms with Gasteiger partial charge in [-0.1, -0.05) is 66.9 Å². The first-order valence-corrected chi connectivity index (χ1v) is 16.6. The number of carbonyl (C=O) groups excluding carboxylic acids is 2. The quantitative estimate of drug-likeness (QED) is 0.192. The van der Waals surface area contributed by atoms with E-state index in [0.717, 1.165) is 43.6 Å². The Bertz CT molecular complexity index is 1420. The fourth-order valence-electron chi connectivity index (χ4n) is 7.59. The number of hydrogen-bond acceptors (Lipinski definition) is 7. The second-order valence-corrected chi connectivity index (χ2v) is 13.1. The van der Waals surface area contributed by atoms with E-state index in [1.165, 1.54) is 16.5 Å². The highest BCUT2D eigenvalue weighted by Gasteiger charge is 2.56. The lowest BCUT2D eigenvalue weighted by Crippen LogP contribution is -2.47. The number of allylic oxidation sites excluding steroid dienone is 1. The highest BCUT2D eigenvalue weighted by atomic mass is 35.5. The van der Waals surface area contributed by atoms with Crippen molar-refractivity contribution in [1.29, 1.82) is 0 Å². The van der Waals surface area contributed by atoms with Crippen LogP contribution in [0.3, 0.4) is 0 Å². The van der Waals surface area contributed by atoms with E-state index in [9.17, 15) is 30.0 Å². The van der Waals surface area contributed by atoms with Crippen molar-refractivity contribution in [2.45, 2.75) is 70.6 Å². The molecule has 0 radical (unpaired) electrons. The SMILES string of the molecule is CCC/C(=C\c1ccc(O)cc1Cl)CC[C@@H](O)C1=C(CO)C[C@H]2C(=O)N(C3CCN(Cc4ccccc4)CC3)C(=O)[C@H]2[C@H]1CO. The van der Waals surface area contributed by atoms with Gasteiger partial charge in [0.1, 0.15) is 5.75 Å². The molecule has 2 aliphatic heterocycles. The fraction of sp³-hybridized carbons (Fsp3) is 0.500. The molecule has 2 aromatic carbocycles. The molecule has 0 spiro atoms. The Hall–Kier alpha value is -3.01. The molecule has 9 heteroatoms. The van der Waals surface area contributed by atoms with E-state index in [2.05, 4.69) is 24.0 Å². The molecule has 4 atom stereocenters. The zero-order valence-electron chi connectivity index (χ0n) is 25.9. The number of amides is 2. The maximum absolute atomic E-state index is 13.9. The third-order valence-electron chi connectivity index (χ3n) is 9.79. The first-order chi connectivity index (χ1) is 21.7. The summed E-state index contributed by atoms with van der Waals surface area (Å²) in [5, 5.41) is 42.6. The van der Waals surface area contributed by atoms with Crippen LogP contribution in [0.5, 0.6) is 5.75 Å². The molecule has 3 aliphatic rings. The van der Waals surface area contributed by atoms with Crippen LogP contribution in [-0.2, 0) is 16.1 Å². The molecule has 1 aliphatic carbocycles. The average molecular weight is 637 g/mol. The molecule has 242 valence electrons. The van der Waals surface area contributed by atoms with Crippen molar-refractivity contribution in [2.75, 3.05) is 26.3 Å². The number of carbonyl (C=O) groups is 2. The predicted octanol–water partition coefficient (Wildman–Crippen LogP) is 4.94. The summed E-state index contributed by atoms with van der Waals surface area (Å²) in [7, 11) is 0. The summed E-state index contributed by atoms with van der Waals surface area (Å²) in [6, 6.07) is 14.9. The summed E-state index contributed by atoms with van der Waals surface area (Å²) in [5.41, 5.74) is 4.13. The van der Waals surface area contributed by atoms with E-state index in [0.29, 0.717) is 41.9 Å². The smallest absolute Gasteiger partial charge is 0.234 e. The van der Waals surface area contributed by atoms with Gasteiger partial charge in [-0.15, -0.1) is 0 Å². The van der Waals surface area contributed by atoms with Crippen LogP contribution in [0, 0.1) is 17.8 Å². The van der Waals surface area contributed by atoms with Crippen LogP contribution in [-0.4, -0.2) is 80.5 Å². The summed E-state index contributed by atoms with van der Waals surface area (Å²) < 4.78 is 0. The van der Waals surface area contributed by atoms with Crippen molar-refractivity contribution in [3.8, 4) is 5.75 Å². The van der Waals surface area contributed by atoms with Crippen LogP contribution in [0.1, 0.15) is 63.0 Å². The van der Waals surface area contributed by atoms with Crippen LogP contribution in [0.4, 0.5) is 0 Å². The van der Waals surface area contributed by atoms with E-state index in [-0.39, 0.29) is 43.2 Å². The van der Waals surface area contributed by atoms with Crippen LogP contribution in [0.25, 0.3) is 6.08 Å². The molecule has 5 rings (SSSR count). The summed E-state index contributed by atoms with van der Waals surface area (Å²) in [4.78, 5) is 31.5. The molecule has 2 fully saturated rings. The Morgan fingerprint density at radius 1 is 1.04 bits per heavy atom. The number of hydrogen-bond donors (Lipinski definition) is 4. The number of likely N-dealkylation sites (tertiary alicyclic amines) is 2. The van der Waals surface area contributed by atoms with Crippen LogP contribution in [0.15, 0.2) is 65.3 Å². The lowest BCUT2D eigenvalue weighted by molar-refractivity contribution is -0.144. The second kappa shape index (κ2) is 15.1. The number of aliphatic hydroxyl groups is 3. The maximum atomic E-state index is 13.9. The topological polar surface area (TPSA) is 122 Å². The number of aromatic hydroxyl groups is 1. The Labute approximate surface area is 270 Å². The van der Waals surface area contributed by atoms with Crippen LogP contribution >= 0.6 is 11.6 Å².